The first-order valence-electron chi connectivity index (χ1n) is 6.81. The largest absolute Gasteiger partial charge is 0.387 e. The second kappa shape index (κ2) is 6.69. The van der Waals surface area contributed by atoms with Gasteiger partial charge in [0, 0.05) is 11.0 Å². The SMILES string of the molecule is CC1CCCC1CNCC(O)c1cccc(Br)c1. The normalized spacial score (nSPS) is 25.3. The van der Waals surface area contributed by atoms with Crippen LogP contribution in [0.15, 0.2) is 28.7 Å². The Kier molecular flexibility index (Phi) is 5.22. The van der Waals surface area contributed by atoms with Crippen LogP contribution in [0.4, 0.5) is 0 Å². The molecule has 0 amide bonds. The van der Waals surface area contributed by atoms with E-state index >= 15 is 0 Å². The van der Waals surface area contributed by atoms with Gasteiger partial charge < -0.3 is 10.4 Å². The Morgan fingerprint density at radius 2 is 2.28 bits per heavy atom. The molecular formula is C15H22BrNO. The van der Waals surface area contributed by atoms with Crippen molar-refractivity contribution in [3.05, 3.63) is 34.3 Å². The molecule has 2 N–H and O–H groups in total. The van der Waals surface area contributed by atoms with Crippen molar-refractivity contribution in [2.75, 3.05) is 13.1 Å². The lowest BCUT2D eigenvalue weighted by molar-refractivity contribution is 0.171. The maximum atomic E-state index is 10.1. The Labute approximate surface area is 118 Å². The van der Waals surface area contributed by atoms with Crippen molar-refractivity contribution in [1.29, 1.82) is 0 Å². The van der Waals surface area contributed by atoms with Gasteiger partial charge in [0.15, 0.2) is 0 Å². The molecule has 1 aromatic rings. The monoisotopic (exact) mass is 311 g/mol. The van der Waals surface area contributed by atoms with E-state index < -0.39 is 6.10 Å². The molecule has 100 valence electrons. The Morgan fingerprint density at radius 3 is 2.94 bits per heavy atom. The highest BCUT2D eigenvalue weighted by Gasteiger charge is 2.22. The molecule has 0 aliphatic heterocycles. The summed E-state index contributed by atoms with van der Waals surface area (Å²) in [4.78, 5) is 0. The zero-order valence-electron chi connectivity index (χ0n) is 10.9. The van der Waals surface area contributed by atoms with Crippen LogP contribution in [-0.4, -0.2) is 18.2 Å². The highest BCUT2D eigenvalue weighted by Crippen LogP contribution is 2.30. The first-order valence-corrected chi connectivity index (χ1v) is 7.60. The zero-order valence-corrected chi connectivity index (χ0v) is 12.5. The van der Waals surface area contributed by atoms with E-state index in [4.69, 9.17) is 0 Å². The van der Waals surface area contributed by atoms with Crippen molar-refractivity contribution in [1.82, 2.24) is 5.32 Å². The van der Waals surface area contributed by atoms with Gasteiger partial charge in [-0.1, -0.05) is 47.8 Å². The second-order valence-corrected chi connectivity index (χ2v) is 6.31. The summed E-state index contributed by atoms with van der Waals surface area (Å²) >= 11 is 3.43. The molecule has 1 saturated carbocycles. The van der Waals surface area contributed by atoms with Crippen molar-refractivity contribution in [3.63, 3.8) is 0 Å². The van der Waals surface area contributed by atoms with Gasteiger partial charge in [-0.25, -0.2) is 0 Å². The first kappa shape index (κ1) is 14.0. The van der Waals surface area contributed by atoms with E-state index in [1.165, 1.54) is 19.3 Å². The molecule has 1 aliphatic carbocycles. The van der Waals surface area contributed by atoms with E-state index in [1.807, 2.05) is 24.3 Å². The lowest BCUT2D eigenvalue weighted by Crippen LogP contribution is -2.28. The van der Waals surface area contributed by atoms with Crippen molar-refractivity contribution in [3.8, 4) is 0 Å². The molecule has 3 heteroatoms. The molecule has 2 rings (SSSR count). The maximum Gasteiger partial charge on any atom is 0.0914 e. The number of halogens is 1. The van der Waals surface area contributed by atoms with Crippen molar-refractivity contribution in [2.24, 2.45) is 11.8 Å². The second-order valence-electron chi connectivity index (χ2n) is 5.40. The van der Waals surface area contributed by atoms with E-state index in [9.17, 15) is 5.11 Å². The highest BCUT2D eigenvalue weighted by atomic mass is 79.9. The van der Waals surface area contributed by atoms with Crippen LogP contribution >= 0.6 is 15.9 Å². The summed E-state index contributed by atoms with van der Waals surface area (Å²) in [7, 11) is 0. The average molecular weight is 312 g/mol. The minimum Gasteiger partial charge on any atom is -0.387 e. The Balaban J connectivity index is 1.76. The van der Waals surface area contributed by atoms with Crippen LogP contribution in [0.25, 0.3) is 0 Å². The van der Waals surface area contributed by atoms with E-state index in [-0.39, 0.29) is 0 Å². The molecule has 0 heterocycles. The van der Waals surface area contributed by atoms with Gasteiger partial charge >= 0.3 is 0 Å². The first-order chi connectivity index (χ1) is 8.66. The quantitative estimate of drug-likeness (QED) is 0.872. The minimum atomic E-state index is -0.417. The molecule has 18 heavy (non-hydrogen) atoms. The highest BCUT2D eigenvalue weighted by molar-refractivity contribution is 9.10. The van der Waals surface area contributed by atoms with Crippen molar-refractivity contribution < 1.29 is 5.11 Å². The fraction of sp³-hybridized carbons (Fsp3) is 0.600. The Morgan fingerprint density at radius 1 is 1.44 bits per heavy atom. The van der Waals surface area contributed by atoms with Gasteiger partial charge in [-0.2, -0.15) is 0 Å². The molecule has 0 spiro atoms. The average Bonchev–Trinajstić information content (AvgIpc) is 2.75. The van der Waals surface area contributed by atoms with Crippen molar-refractivity contribution in [2.45, 2.75) is 32.3 Å². The Hall–Kier alpha value is -0.380. The fourth-order valence-corrected chi connectivity index (χ4v) is 3.18. The summed E-state index contributed by atoms with van der Waals surface area (Å²) in [5.74, 6) is 1.63. The predicted octanol–water partition coefficient (Wildman–Crippen LogP) is 3.51. The standard InChI is InChI=1S/C15H22BrNO/c1-11-4-2-6-13(11)9-17-10-15(18)12-5-3-7-14(16)8-12/h3,5,7-8,11,13,15,17-18H,2,4,6,9-10H2,1H3. The van der Waals surface area contributed by atoms with Gasteiger partial charge in [-0.05, 0) is 42.5 Å². The van der Waals surface area contributed by atoms with Gasteiger partial charge in [0.1, 0.15) is 0 Å². The number of benzene rings is 1. The number of hydrogen-bond donors (Lipinski definition) is 2. The minimum absolute atomic E-state index is 0.417. The lowest BCUT2D eigenvalue weighted by atomic mass is 9.98. The fourth-order valence-electron chi connectivity index (χ4n) is 2.76. The third-order valence-corrected chi connectivity index (χ3v) is 4.51. The van der Waals surface area contributed by atoms with E-state index in [2.05, 4.69) is 28.2 Å². The Bertz CT molecular complexity index is 383. The topological polar surface area (TPSA) is 32.3 Å². The summed E-state index contributed by atoms with van der Waals surface area (Å²) in [6.45, 7) is 4.01. The molecule has 2 nitrogen and oxygen atoms in total. The molecule has 3 unspecified atom stereocenters. The molecule has 0 aromatic heterocycles. The number of aliphatic hydroxyl groups is 1. The van der Waals surface area contributed by atoms with Crippen LogP contribution in [0.3, 0.4) is 0 Å². The zero-order chi connectivity index (χ0) is 13.0. The van der Waals surface area contributed by atoms with Crippen LogP contribution in [0.5, 0.6) is 0 Å². The van der Waals surface area contributed by atoms with Gasteiger partial charge in [0.25, 0.3) is 0 Å². The van der Waals surface area contributed by atoms with Crippen LogP contribution < -0.4 is 5.32 Å². The van der Waals surface area contributed by atoms with Crippen LogP contribution in [0.2, 0.25) is 0 Å². The number of aliphatic hydroxyl groups excluding tert-OH is 1. The van der Waals surface area contributed by atoms with Gasteiger partial charge in [0.05, 0.1) is 6.10 Å². The van der Waals surface area contributed by atoms with Crippen LogP contribution in [0, 0.1) is 11.8 Å². The summed E-state index contributed by atoms with van der Waals surface area (Å²) < 4.78 is 1.02. The number of hydrogen-bond acceptors (Lipinski definition) is 2. The lowest BCUT2D eigenvalue weighted by Gasteiger charge is -2.18. The molecule has 1 aliphatic rings. The van der Waals surface area contributed by atoms with Crippen LogP contribution in [-0.2, 0) is 0 Å². The summed E-state index contributed by atoms with van der Waals surface area (Å²) in [6.07, 6.45) is 3.64. The molecule has 0 bridgehead atoms. The number of rotatable bonds is 5. The van der Waals surface area contributed by atoms with Crippen molar-refractivity contribution >= 4 is 15.9 Å². The molecule has 0 saturated heterocycles. The predicted molar refractivity (Wildman–Crippen MR) is 78.5 cm³/mol. The number of nitrogens with one attached hydrogen (secondary N) is 1. The van der Waals surface area contributed by atoms with Crippen LogP contribution in [0.1, 0.15) is 37.9 Å². The summed E-state index contributed by atoms with van der Waals surface area (Å²) in [6, 6.07) is 7.88. The third-order valence-electron chi connectivity index (χ3n) is 4.02. The summed E-state index contributed by atoms with van der Waals surface area (Å²) in [5.41, 5.74) is 0.969. The molecule has 3 atom stereocenters. The molecular weight excluding hydrogens is 290 g/mol. The van der Waals surface area contributed by atoms with Gasteiger partial charge in [0.2, 0.25) is 0 Å². The molecule has 0 radical (unpaired) electrons. The van der Waals surface area contributed by atoms with Gasteiger partial charge in [-0.3, -0.25) is 0 Å². The third kappa shape index (κ3) is 3.81. The molecule has 1 aromatic carbocycles. The smallest absolute Gasteiger partial charge is 0.0914 e. The molecule has 1 fully saturated rings. The van der Waals surface area contributed by atoms with E-state index in [0.29, 0.717) is 6.54 Å². The van der Waals surface area contributed by atoms with E-state index in [0.717, 1.165) is 28.4 Å². The maximum absolute atomic E-state index is 10.1. The van der Waals surface area contributed by atoms with Gasteiger partial charge in [-0.15, -0.1) is 0 Å². The summed E-state index contributed by atoms with van der Waals surface area (Å²) in [5, 5.41) is 13.5. The van der Waals surface area contributed by atoms with E-state index in [1.54, 1.807) is 0 Å².